The second kappa shape index (κ2) is 10.9. The highest BCUT2D eigenvalue weighted by molar-refractivity contribution is 6.05. The molecule has 0 saturated carbocycles. The lowest BCUT2D eigenvalue weighted by molar-refractivity contribution is -0.144. The van der Waals surface area contributed by atoms with E-state index in [-0.39, 0.29) is 36.8 Å². The number of fused-ring (bicyclic) bond motifs is 1. The zero-order valence-corrected chi connectivity index (χ0v) is 23.7. The Bertz CT molecular complexity index is 1250. The zero-order valence-electron chi connectivity index (χ0n) is 23.7. The van der Waals surface area contributed by atoms with Gasteiger partial charge in [0.05, 0.1) is 17.4 Å². The number of likely N-dealkylation sites (tertiary alicyclic amines) is 1. The summed E-state index contributed by atoms with van der Waals surface area (Å²) in [6.45, 7) is 9.95. The first-order chi connectivity index (χ1) is 19.2. The Morgan fingerprint density at radius 1 is 1.02 bits per heavy atom. The molecule has 2 aromatic rings. The minimum atomic E-state index is -1.13. The molecule has 2 aromatic carbocycles. The van der Waals surface area contributed by atoms with Crippen molar-refractivity contribution >= 4 is 34.8 Å². The number of hydrogen-bond acceptors (Lipinski definition) is 6. The number of ether oxygens (including phenoxy) is 1. The monoisotopic (exact) mass is 548 g/mol. The van der Waals surface area contributed by atoms with E-state index >= 15 is 0 Å². The average molecular weight is 549 g/mol. The van der Waals surface area contributed by atoms with Gasteiger partial charge in [0.25, 0.3) is 0 Å². The first kappa shape index (κ1) is 28.1. The Morgan fingerprint density at radius 2 is 1.65 bits per heavy atom. The molecule has 3 fully saturated rings. The lowest BCUT2D eigenvalue weighted by Crippen LogP contribution is -2.54. The molecule has 2 bridgehead atoms. The molecular weight excluding hydrogens is 508 g/mol. The van der Waals surface area contributed by atoms with E-state index in [0.29, 0.717) is 24.2 Å². The number of benzene rings is 2. The van der Waals surface area contributed by atoms with Gasteiger partial charge < -0.3 is 30.3 Å². The van der Waals surface area contributed by atoms with Gasteiger partial charge in [-0.1, -0.05) is 25.1 Å². The molecule has 3 saturated heterocycles. The number of aliphatic hydroxyl groups excluding tert-OH is 1. The molecule has 0 radical (unpaired) electrons. The third kappa shape index (κ3) is 4.45. The summed E-state index contributed by atoms with van der Waals surface area (Å²) >= 11 is 0. The number of para-hydroxylation sites is 1. The summed E-state index contributed by atoms with van der Waals surface area (Å²) in [5, 5.41) is 15.6. The molecule has 3 amide bonds. The highest BCUT2D eigenvalue weighted by Crippen LogP contribution is 2.65. The van der Waals surface area contributed by atoms with Gasteiger partial charge in [-0.3, -0.25) is 14.4 Å². The maximum absolute atomic E-state index is 14.0. The van der Waals surface area contributed by atoms with Crippen molar-refractivity contribution in [1.29, 1.82) is 0 Å². The van der Waals surface area contributed by atoms with Crippen LogP contribution < -0.4 is 15.5 Å². The number of nitrogens with zero attached hydrogens (tertiary/aromatic N) is 2. The lowest BCUT2D eigenvalue weighted by atomic mass is 9.62. The van der Waals surface area contributed by atoms with E-state index in [1.165, 1.54) is 4.90 Å². The molecule has 0 aromatic heterocycles. The van der Waals surface area contributed by atoms with Crippen molar-refractivity contribution < 1.29 is 24.2 Å². The number of carbonyl (C=O) groups excluding carboxylic acids is 3. The number of aliphatic hydroxyl groups is 1. The molecule has 3 aliphatic rings. The quantitative estimate of drug-likeness (QED) is 0.419. The molecule has 3 unspecified atom stereocenters. The first-order valence-electron chi connectivity index (χ1n) is 14.3. The number of carbonyl (C=O) groups is 3. The van der Waals surface area contributed by atoms with E-state index in [9.17, 15) is 19.5 Å². The number of anilines is 3. The lowest BCUT2D eigenvalue weighted by Gasteiger charge is -2.36. The van der Waals surface area contributed by atoms with Crippen LogP contribution in [0.1, 0.15) is 40.5 Å². The van der Waals surface area contributed by atoms with E-state index in [4.69, 9.17) is 4.74 Å². The van der Waals surface area contributed by atoms with Crippen LogP contribution in [0.15, 0.2) is 54.6 Å². The van der Waals surface area contributed by atoms with E-state index in [1.54, 1.807) is 12.1 Å². The summed E-state index contributed by atoms with van der Waals surface area (Å²) in [4.78, 5) is 45.6. The van der Waals surface area contributed by atoms with Crippen LogP contribution in [0, 0.1) is 17.8 Å². The van der Waals surface area contributed by atoms with Gasteiger partial charge in [-0.15, -0.1) is 0 Å². The summed E-state index contributed by atoms with van der Waals surface area (Å²) in [5.41, 5.74) is 0.303. The van der Waals surface area contributed by atoms with Crippen molar-refractivity contribution in [3.63, 3.8) is 0 Å². The van der Waals surface area contributed by atoms with Crippen LogP contribution in [0.5, 0.6) is 0 Å². The van der Waals surface area contributed by atoms with Gasteiger partial charge in [0.15, 0.2) is 0 Å². The van der Waals surface area contributed by atoms with E-state index in [0.717, 1.165) is 18.8 Å². The second-order valence-electron chi connectivity index (χ2n) is 11.4. The maximum atomic E-state index is 14.0. The van der Waals surface area contributed by atoms with Gasteiger partial charge in [-0.25, -0.2) is 0 Å². The van der Waals surface area contributed by atoms with Crippen molar-refractivity contribution in [2.75, 3.05) is 41.8 Å². The predicted molar refractivity (Wildman–Crippen MR) is 154 cm³/mol. The van der Waals surface area contributed by atoms with Gasteiger partial charge in [0.2, 0.25) is 17.7 Å². The number of hydrogen-bond donors (Lipinski definition) is 3. The average Bonchev–Trinajstić information content (AvgIpc) is 3.46. The maximum Gasteiger partial charge on any atom is 0.250 e. The molecule has 3 heterocycles. The molecule has 9 heteroatoms. The summed E-state index contributed by atoms with van der Waals surface area (Å²) in [6.07, 6.45) is 0.814. The molecule has 40 heavy (non-hydrogen) atoms. The largest absolute Gasteiger partial charge is 0.396 e. The van der Waals surface area contributed by atoms with Crippen molar-refractivity contribution in [2.45, 2.75) is 57.8 Å². The molecule has 9 nitrogen and oxygen atoms in total. The molecule has 6 atom stereocenters. The van der Waals surface area contributed by atoms with Crippen LogP contribution in [0.25, 0.3) is 0 Å². The Balaban J connectivity index is 1.47. The van der Waals surface area contributed by atoms with Gasteiger partial charge >= 0.3 is 0 Å². The van der Waals surface area contributed by atoms with Gasteiger partial charge in [0, 0.05) is 43.3 Å². The minimum absolute atomic E-state index is 0.0514. The van der Waals surface area contributed by atoms with Crippen LogP contribution in [0.4, 0.5) is 17.1 Å². The number of amides is 3. The Hall–Kier alpha value is -3.43. The van der Waals surface area contributed by atoms with Gasteiger partial charge in [-0.05, 0) is 75.9 Å². The molecule has 5 rings (SSSR count). The smallest absolute Gasteiger partial charge is 0.250 e. The topological polar surface area (TPSA) is 111 Å². The minimum Gasteiger partial charge on any atom is -0.396 e. The number of nitrogens with one attached hydrogen (secondary N) is 2. The fourth-order valence-electron chi connectivity index (χ4n) is 7.22. The molecule has 3 N–H and O–H groups in total. The summed E-state index contributed by atoms with van der Waals surface area (Å²) in [7, 11) is 0. The summed E-state index contributed by atoms with van der Waals surface area (Å²) in [6, 6.07) is 15.9. The highest BCUT2D eigenvalue weighted by Gasteiger charge is 2.79. The fraction of sp³-hybridized carbons (Fsp3) is 0.516. The predicted octanol–water partition coefficient (Wildman–Crippen LogP) is 3.50. The molecule has 214 valence electrons. The second-order valence-corrected chi connectivity index (χ2v) is 11.4. The van der Waals surface area contributed by atoms with E-state index < -0.39 is 29.1 Å². The van der Waals surface area contributed by atoms with Gasteiger partial charge in [-0.2, -0.15) is 0 Å². The number of rotatable bonds is 10. The van der Waals surface area contributed by atoms with Crippen LogP contribution in [-0.2, 0) is 19.1 Å². The van der Waals surface area contributed by atoms with Crippen molar-refractivity contribution in [3.05, 3.63) is 54.6 Å². The zero-order chi connectivity index (χ0) is 28.7. The third-order valence-electron chi connectivity index (χ3n) is 9.21. The van der Waals surface area contributed by atoms with Crippen LogP contribution in [-0.4, -0.2) is 71.2 Å². The van der Waals surface area contributed by atoms with E-state index in [2.05, 4.69) is 29.4 Å². The molecule has 1 spiro atoms. The Kier molecular flexibility index (Phi) is 7.63. The van der Waals surface area contributed by atoms with Gasteiger partial charge in [0.1, 0.15) is 11.6 Å². The van der Waals surface area contributed by atoms with Crippen LogP contribution >= 0.6 is 0 Å². The van der Waals surface area contributed by atoms with Crippen LogP contribution in [0.2, 0.25) is 0 Å². The highest BCUT2D eigenvalue weighted by atomic mass is 16.5. The molecular formula is C31H40N4O5. The molecule has 3 aliphatic heterocycles. The third-order valence-corrected chi connectivity index (χ3v) is 9.21. The Labute approximate surface area is 235 Å². The standard InChI is InChI=1S/C31H40N4O5/c1-5-34(6-2)23-15-13-22(14-16-23)33-28(38)26-31-19-20(3)30(4,40-31)24(25(31)29(39)35(26)17-10-18-36)27(37)32-21-11-8-7-9-12-21/h7-9,11-16,20,24-26,36H,5-6,10,17-19H2,1-4H3,(H,32,37)(H,33,38)/t20?,24-,25+,26?,30+,31?/m1/s1. The molecule has 0 aliphatic carbocycles. The Morgan fingerprint density at radius 3 is 2.27 bits per heavy atom. The fourth-order valence-corrected chi connectivity index (χ4v) is 7.22. The normalized spacial score (nSPS) is 30.3. The SMILES string of the molecule is CCN(CC)c1ccc(NC(=O)C2N(CCCO)C(=O)[C@@H]3[C@H](C(=O)Nc4ccccc4)[C@@]4(C)OC23CC4C)cc1. The van der Waals surface area contributed by atoms with Crippen molar-refractivity contribution in [3.8, 4) is 0 Å². The van der Waals surface area contributed by atoms with Crippen LogP contribution in [0.3, 0.4) is 0 Å². The van der Waals surface area contributed by atoms with E-state index in [1.807, 2.05) is 56.3 Å². The summed E-state index contributed by atoms with van der Waals surface area (Å²) < 4.78 is 6.73. The van der Waals surface area contributed by atoms with Crippen molar-refractivity contribution in [1.82, 2.24) is 4.90 Å². The first-order valence-corrected chi connectivity index (χ1v) is 14.3. The summed E-state index contributed by atoms with van der Waals surface area (Å²) in [5.74, 6) is -2.50. The van der Waals surface area contributed by atoms with Crippen molar-refractivity contribution in [2.24, 2.45) is 17.8 Å².